The molecule has 1 atom stereocenters. The van der Waals surface area contributed by atoms with E-state index >= 15 is 0 Å². The molecular weight excluding hydrogens is 204 g/mol. The van der Waals surface area contributed by atoms with Gasteiger partial charge in [0.15, 0.2) is 0 Å². The molecule has 1 unspecified atom stereocenters. The van der Waals surface area contributed by atoms with E-state index in [1.165, 1.54) is 0 Å². The Morgan fingerprint density at radius 2 is 2.12 bits per heavy atom. The highest BCUT2D eigenvalue weighted by molar-refractivity contribution is 5.87. The van der Waals surface area contributed by atoms with Crippen molar-refractivity contribution in [3.05, 3.63) is 0 Å². The minimum Gasteiger partial charge on any atom is -0.380 e. The Morgan fingerprint density at radius 3 is 2.50 bits per heavy atom. The molecule has 0 aromatic rings. The molecule has 0 aromatic carbocycles. The van der Waals surface area contributed by atoms with Gasteiger partial charge in [0.05, 0.1) is 18.2 Å². The number of hydrogen-bond acceptors (Lipinski definition) is 3. The molecule has 0 bridgehead atoms. The van der Waals surface area contributed by atoms with Crippen LogP contribution in [-0.2, 0) is 9.53 Å². The lowest BCUT2D eigenvalue weighted by Crippen LogP contribution is -2.61. The van der Waals surface area contributed by atoms with Crippen LogP contribution in [0, 0.1) is 5.92 Å². The van der Waals surface area contributed by atoms with E-state index in [9.17, 15) is 4.79 Å². The summed E-state index contributed by atoms with van der Waals surface area (Å²) >= 11 is 0. The fourth-order valence-electron chi connectivity index (χ4n) is 1.74. The first-order chi connectivity index (χ1) is 7.49. The van der Waals surface area contributed by atoms with E-state index in [1.54, 1.807) is 0 Å². The van der Waals surface area contributed by atoms with Crippen molar-refractivity contribution in [1.82, 2.24) is 5.32 Å². The average molecular weight is 228 g/mol. The zero-order valence-corrected chi connectivity index (χ0v) is 10.6. The number of ether oxygens (including phenoxy) is 1. The van der Waals surface area contributed by atoms with E-state index in [0.29, 0.717) is 19.1 Å². The van der Waals surface area contributed by atoms with Gasteiger partial charge in [-0.05, 0) is 32.1 Å². The Kier molecular flexibility index (Phi) is 4.74. The third kappa shape index (κ3) is 3.19. The topological polar surface area (TPSA) is 64.3 Å². The Hall–Kier alpha value is -0.610. The summed E-state index contributed by atoms with van der Waals surface area (Å²) in [6, 6.07) is 0.0634. The molecule has 0 aliphatic heterocycles. The molecular formula is C12H24N2O2. The largest absolute Gasteiger partial charge is 0.380 e. The number of nitrogens with two attached hydrogens (primary N) is 1. The second-order valence-electron chi connectivity index (χ2n) is 4.99. The van der Waals surface area contributed by atoms with E-state index < -0.39 is 5.54 Å². The van der Waals surface area contributed by atoms with Gasteiger partial charge in [-0.15, -0.1) is 0 Å². The Bertz CT molecular complexity index is 237. The summed E-state index contributed by atoms with van der Waals surface area (Å²) in [5.41, 5.74) is 5.36. The molecule has 1 aliphatic rings. The molecule has 16 heavy (non-hydrogen) atoms. The Labute approximate surface area is 97.9 Å². The van der Waals surface area contributed by atoms with E-state index in [0.717, 1.165) is 19.3 Å². The van der Waals surface area contributed by atoms with Gasteiger partial charge < -0.3 is 15.8 Å². The molecule has 0 radical (unpaired) electrons. The Balaban J connectivity index is 2.44. The summed E-state index contributed by atoms with van der Waals surface area (Å²) < 4.78 is 5.37. The van der Waals surface area contributed by atoms with Crippen LogP contribution in [-0.4, -0.2) is 30.7 Å². The second-order valence-corrected chi connectivity index (χ2v) is 4.99. The lowest BCUT2D eigenvalue weighted by molar-refractivity contribution is -0.130. The third-order valence-electron chi connectivity index (χ3n) is 3.32. The summed E-state index contributed by atoms with van der Waals surface area (Å²) in [5, 5.41) is 3.00. The average Bonchev–Trinajstić information content (AvgIpc) is 2.19. The van der Waals surface area contributed by atoms with Gasteiger partial charge in [0.25, 0.3) is 0 Å². The van der Waals surface area contributed by atoms with Crippen LogP contribution in [0.4, 0.5) is 0 Å². The highest BCUT2D eigenvalue weighted by atomic mass is 16.5. The standard InChI is InChI=1S/C12H24N2O2/c1-4-16-8-10(9(2)3)14-11(15)12(13)6-5-7-12/h9-10H,4-8,13H2,1-3H3,(H,14,15). The van der Waals surface area contributed by atoms with Gasteiger partial charge in [0.2, 0.25) is 5.91 Å². The summed E-state index contributed by atoms with van der Waals surface area (Å²) in [4.78, 5) is 11.9. The van der Waals surface area contributed by atoms with Crippen molar-refractivity contribution >= 4 is 5.91 Å². The molecule has 1 aliphatic carbocycles. The van der Waals surface area contributed by atoms with Crippen molar-refractivity contribution in [2.24, 2.45) is 11.7 Å². The highest BCUT2D eigenvalue weighted by Crippen LogP contribution is 2.29. The maximum absolute atomic E-state index is 11.9. The van der Waals surface area contributed by atoms with Crippen LogP contribution in [0.5, 0.6) is 0 Å². The first-order valence-corrected chi connectivity index (χ1v) is 6.17. The second kappa shape index (κ2) is 5.64. The van der Waals surface area contributed by atoms with Crippen molar-refractivity contribution in [3.8, 4) is 0 Å². The van der Waals surface area contributed by atoms with Gasteiger partial charge in [-0.25, -0.2) is 0 Å². The molecule has 1 rings (SSSR count). The van der Waals surface area contributed by atoms with E-state index in [2.05, 4.69) is 19.2 Å². The fourth-order valence-corrected chi connectivity index (χ4v) is 1.74. The van der Waals surface area contributed by atoms with E-state index in [1.807, 2.05) is 6.92 Å². The van der Waals surface area contributed by atoms with Crippen molar-refractivity contribution in [1.29, 1.82) is 0 Å². The van der Waals surface area contributed by atoms with Crippen LogP contribution in [0.3, 0.4) is 0 Å². The summed E-state index contributed by atoms with van der Waals surface area (Å²) in [6.07, 6.45) is 2.66. The molecule has 4 nitrogen and oxygen atoms in total. The van der Waals surface area contributed by atoms with Crippen molar-refractivity contribution in [2.45, 2.75) is 51.6 Å². The van der Waals surface area contributed by atoms with Gasteiger partial charge >= 0.3 is 0 Å². The highest BCUT2D eigenvalue weighted by Gasteiger charge is 2.40. The maximum atomic E-state index is 11.9. The van der Waals surface area contributed by atoms with Crippen LogP contribution in [0.2, 0.25) is 0 Å². The minimum absolute atomic E-state index is 0.0165. The van der Waals surface area contributed by atoms with Gasteiger partial charge in [0.1, 0.15) is 0 Å². The number of amides is 1. The van der Waals surface area contributed by atoms with Crippen molar-refractivity contribution < 1.29 is 9.53 Å². The molecule has 0 saturated heterocycles. The van der Waals surface area contributed by atoms with Crippen LogP contribution < -0.4 is 11.1 Å². The fraction of sp³-hybridized carbons (Fsp3) is 0.917. The van der Waals surface area contributed by atoms with Gasteiger partial charge in [0, 0.05) is 6.61 Å². The molecule has 0 heterocycles. The van der Waals surface area contributed by atoms with Crippen molar-refractivity contribution in [2.75, 3.05) is 13.2 Å². The normalized spacial score (nSPS) is 20.3. The van der Waals surface area contributed by atoms with Crippen LogP contribution in [0.15, 0.2) is 0 Å². The predicted octanol–water partition coefficient (Wildman–Crippen LogP) is 1.05. The first-order valence-electron chi connectivity index (χ1n) is 6.17. The SMILES string of the molecule is CCOCC(NC(=O)C1(N)CCC1)C(C)C. The van der Waals surface area contributed by atoms with Crippen LogP contribution in [0.25, 0.3) is 0 Å². The first kappa shape index (κ1) is 13.5. The molecule has 1 fully saturated rings. The van der Waals surface area contributed by atoms with Crippen LogP contribution in [0.1, 0.15) is 40.0 Å². The van der Waals surface area contributed by atoms with Gasteiger partial charge in [-0.1, -0.05) is 13.8 Å². The summed E-state index contributed by atoms with van der Waals surface area (Å²) in [5.74, 6) is 0.344. The summed E-state index contributed by atoms with van der Waals surface area (Å²) in [6.45, 7) is 7.35. The summed E-state index contributed by atoms with van der Waals surface area (Å²) in [7, 11) is 0. The van der Waals surface area contributed by atoms with Gasteiger partial charge in [-0.3, -0.25) is 4.79 Å². The third-order valence-corrected chi connectivity index (χ3v) is 3.32. The zero-order valence-electron chi connectivity index (χ0n) is 10.6. The zero-order chi connectivity index (χ0) is 12.2. The smallest absolute Gasteiger partial charge is 0.240 e. The predicted molar refractivity (Wildman–Crippen MR) is 64.0 cm³/mol. The molecule has 4 heteroatoms. The van der Waals surface area contributed by atoms with E-state index in [4.69, 9.17) is 10.5 Å². The molecule has 1 amide bonds. The van der Waals surface area contributed by atoms with Crippen LogP contribution >= 0.6 is 0 Å². The Morgan fingerprint density at radius 1 is 1.50 bits per heavy atom. The molecule has 0 spiro atoms. The number of rotatable bonds is 6. The van der Waals surface area contributed by atoms with E-state index in [-0.39, 0.29) is 11.9 Å². The number of hydrogen-bond donors (Lipinski definition) is 2. The van der Waals surface area contributed by atoms with Crippen molar-refractivity contribution in [3.63, 3.8) is 0 Å². The number of carbonyl (C=O) groups is 1. The molecule has 1 saturated carbocycles. The maximum Gasteiger partial charge on any atom is 0.240 e. The molecule has 94 valence electrons. The molecule has 0 aromatic heterocycles. The number of nitrogens with one attached hydrogen (secondary N) is 1. The minimum atomic E-state index is -0.612. The molecule has 3 N–H and O–H groups in total. The lowest BCUT2D eigenvalue weighted by atomic mass is 9.77. The number of carbonyl (C=O) groups excluding carboxylic acids is 1. The lowest BCUT2D eigenvalue weighted by Gasteiger charge is -2.38. The van der Waals surface area contributed by atoms with Gasteiger partial charge in [-0.2, -0.15) is 0 Å². The monoisotopic (exact) mass is 228 g/mol. The quantitative estimate of drug-likeness (QED) is 0.714.